The van der Waals surface area contributed by atoms with Crippen LogP contribution in [0.4, 0.5) is 0 Å². The number of carbonyl (C=O) groups is 3. The van der Waals surface area contributed by atoms with Gasteiger partial charge in [0.2, 0.25) is 0 Å². The quantitative estimate of drug-likeness (QED) is 0.351. The summed E-state index contributed by atoms with van der Waals surface area (Å²) in [4.78, 5) is 34.3. The van der Waals surface area contributed by atoms with Crippen LogP contribution in [-0.2, 0) is 20.7 Å². The van der Waals surface area contributed by atoms with Gasteiger partial charge in [-0.05, 0) is 43.7 Å². The molecule has 158 valence electrons. The molecule has 7 heteroatoms. The van der Waals surface area contributed by atoms with Gasteiger partial charge < -0.3 is 19.7 Å². The molecular weight excluding hydrogens is 388 g/mol. The van der Waals surface area contributed by atoms with E-state index in [2.05, 4.69) is 0 Å². The maximum atomic E-state index is 12.1. The Bertz CT molecular complexity index is 893. The molecule has 0 bridgehead atoms. The molecule has 1 unspecified atom stereocenters. The molecule has 0 fully saturated rings. The number of hydrogen-bond donors (Lipinski definition) is 2. The van der Waals surface area contributed by atoms with Gasteiger partial charge in [0, 0.05) is 24.1 Å². The monoisotopic (exact) mass is 412 g/mol. The Morgan fingerprint density at radius 1 is 1.00 bits per heavy atom. The van der Waals surface area contributed by atoms with Crippen LogP contribution in [0.1, 0.15) is 29.8 Å². The van der Waals surface area contributed by atoms with Gasteiger partial charge in [-0.3, -0.25) is 4.79 Å². The summed E-state index contributed by atoms with van der Waals surface area (Å²) in [6.07, 6.45) is 1.44. The number of rotatable bonds is 10. The molecule has 0 spiro atoms. The predicted octanol–water partition coefficient (Wildman–Crippen LogP) is 2.81. The van der Waals surface area contributed by atoms with Crippen molar-refractivity contribution in [3.8, 4) is 5.75 Å². The van der Waals surface area contributed by atoms with Gasteiger partial charge >= 0.3 is 11.9 Å². The van der Waals surface area contributed by atoms with Crippen molar-refractivity contribution in [1.29, 1.82) is 0 Å². The first-order valence-electron chi connectivity index (χ1n) is 9.30. The second-order valence-corrected chi connectivity index (χ2v) is 7.14. The van der Waals surface area contributed by atoms with E-state index < -0.39 is 29.4 Å². The lowest BCUT2D eigenvalue weighted by atomic mass is 9.97. The molecule has 1 atom stereocenters. The average Bonchev–Trinajstić information content (AvgIpc) is 2.70. The summed E-state index contributed by atoms with van der Waals surface area (Å²) < 4.78 is 11.0. The van der Waals surface area contributed by atoms with Crippen LogP contribution < -0.4 is 4.74 Å². The molecule has 0 radical (unpaired) electrons. The molecule has 7 nitrogen and oxygen atoms in total. The fourth-order valence-corrected chi connectivity index (χ4v) is 2.60. The first kappa shape index (κ1) is 22.8. The van der Waals surface area contributed by atoms with E-state index in [0.29, 0.717) is 23.8 Å². The van der Waals surface area contributed by atoms with Gasteiger partial charge in [-0.15, -0.1) is 0 Å². The zero-order valence-corrected chi connectivity index (χ0v) is 16.8. The Balaban J connectivity index is 2.09. The van der Waals surface area contributed by atoms with Crippen LogP contribution in [0.3, 0.4) is 0 Å². The van der Waals surface area contributed by atoms with Crippen molar-refractivity contribution in [2.45, 2.75) is 32.0 Å². The van der Waals surface area contributed by atoms with Crippen molar-refractivity contribution in [3.05, 3.63) is 77.9 Å². The Kier molecular flexibility index (Phi) is 7.89. The van der Waals surface area contributed by atoms with Crippen LogP contribution in [-0.4, -0.2) is 46.2 Å². The van der Waals surface area contributed by atoms with Crippen LogP contribution in [0.25, 0.3) is 0 Å². The maximum absolute atomic E-state index is 12.1. The smallest absolute Gasteiger partial charge is 0.331 e. The highest BCUT2D eigenvalue weighted by molar-refractivity contribution is 6.01. The summed E-state index contributed by atoms with van der Waals surface area (Å²) in [6.45, 7) is 2.74. The van der Waals surface area contributed by atoms with Gasteiger partial charge in [-0.2, -0.15) is 0 Å². The Morgan fingerprint density at radius 3 is 2.20 bits per heavy atom. The number of Topliss-reactive ketones (excluding diaryl/α,β-unsaturated/α-hetero) is 1. The van der Waals surface area contributed by atoms with E-state index in [4.69, 9.17) is 14.6 Å². The van der Waals surface area contributed by atoms with E-state index in [-0.39, 0.29) is 6.61 Å². The SMILES string of the molecule is CC(C)(O)C(=O)c1ccc(OC(COC(=O)/C=C/C(=O)O)Cc2ccccc2)cc1. The molecule has 2 aromatic rings. The number of carboxylic acid groups (broad SMARTS) is 1. The molecule has 0 aromatic heterocycles. The summed E-state index contributed by atoms with van der Waals surface area (Å²) in [5, 5.41) is 18.4. The molecule has 0 aliphatic carbocycles. The highest BCUT2D eigenvalue weighted by Crippen LogP contribution is 2.19. The average molecular weight is 412 g/mol. The van der Waals surface area contributed by atoms with Gasteiger partial charge in [-0.25, -0.2) is 9.59 Å². The van der Waals surface area contributed by atoms with Crippen LogP contribution in [0.2, 0.25) is 0 Å². The fourth-order valence-electron chi connectivity index (χ4n) is 2.60. The van der Waals surface area contributed by atoms with Gasteiger partial charge in [-0.1, -0.05) is 30.3 Å². The minimum atomic E-state index is -1.48. The van der Waals surface area contributed by atoms with Crippen molar-refractivity contribution >= 4 is 17.7 Å². The molecule has 0 amide bonds. The van der Waals surface area contributed by atoms with Gasteiger partial charge in [0.15, 0.2) is 5.78 Å². The van der Waals surface area contributed by atoms with Crippen molar-refractivity contribution in [2.24, 2.45) is 0 Å². The number of benzene rings is 2. The van der Waals surface area contributed by atoms with Crippen LogP contribution in [0.5, 0.6) is 5.75 Å². The van der Waals surface area contributed by atoms with Crippen LogP contribution in [0, 0.1) is 0 Å². The molecule has 0 saturated heterocycles. The number of aliphatic hydroxyl groups is 1. The lowest BCUT2D eigenvalue weighted by molar-refractivity contribution is -0.140. The summed E-state index contributed by atoms with van der Waals surface area (Å²) in [7, 11) is 0. The Labute approximate surface area is 174 Å². The van der Waals surface area contributed by atoms with E-state index in [0.717, 1.165) is 11.6 Å². The lowest BCUT2D eigenvalue weighted by Gasteiger charge is -2.20. The summed E-state index contributed by atoms with van der Waals surface area (Å²) in [5.74, 6) is -1.98. The highest BCUT2D eigenvalue weighted by Gasteiger charge is 2.25. The third-order valence-corrected chi connectivity index (χ3v) is 4.05. The van der Waals surface area contributed by atoms with Gasteiger partial charge in [0.1, 0.15) is 24.1 Å². The molecular formula is C23H24O7. The number of esters is 1. The maximum Gasteiger partial charge on any atom is 0.331 e. The first-order valence-corrected chi connectivity index (χ1v) is 9.30. The molecule has 2 N–H and O–H groups in total. The summed E-state index contributed by atoms with van der Waals surface area (Å²) in [5.41, 5.74) is -0.163. The molecule has 2 rings (SSSR count). The Morgan fingerprint density at radius 2 is 1.63 bits per heavy atom. The third kappa shape index (κ3) is 7.52. The van der Waals surface area contributed by atoms with Crippen molar-refractivity contribution in [1.82, 2.24) is 0 Å². The number of ether oxygens (including phenoxy) is 2. The van der Waals surface area contributed by atoms with E-state index in [1.807, 2.05) is 30.3 Å². The summed E-state index contributed by atoms with van der Waals surface area (Å²) >= 11 is 0. The third-order valence-electron chi connectivity index (χ3n) is 4.05. The van der Waals surface area contributed by atoms with Crippen LogP contribution >= 0.6 is 0 Å². The Hall–Kier alpha value is -3.45. The minimum Gasteiger partial charge on any atom is -0.487 e. The number of hydrogen-bond acceptors (Lipinski definition) is 6. The van der Waals surface area contributed by atoms with E-state index >= 15 is 0 Å². The molecule has 2 aromatic carbocycles. The van der Waals surface area contributed by atoms with E-state index in [9.17, 15) is 19.5 Å². The minimum absolute atomic E-state index is 0.0952. The second-order valence-electron chi connectivity index (χ2n) is 7.14. The molecule has 0 aliphatic rings. The second kappa shape index (κ2) is 10.4. The van der Waals surface area contributed by atoms with Crippen LogP contribution in [0.15, 0.2) is 66.7 Å². The number of carbonyl (C=O) groups excluding carboxylic acids is 2. The topological polar surface area (TPSA) is 110 Å². The molecule has 0 aliphatic heterocycles. The fraction of sp³-hybridized carbons (Fsp3) is 0.261. The number of ketones is 1. The predicted molar refractivity (Wildman–Crippen MR) is 109 cm³/mol. The van der Waals surface area contributed by atoms with Crippen molar-refractivity contribution in [3.63, 3.8) is 0 Å². The summed E-state index contributed by atoms with van der Waals surface area (Å²) in [6, 6.07) is 15.8. The molecule has 0 heterocycles. The van der Waals surface area contributed by atoms with Crippen molar-refractivity contribution < 1.29 is 34.1 Å². The zero-order valence-electron chi connectivity index (χ0n) is 16.8. The van der Waals surface area contributed by atoms with E-state index in [1.54, 1.807) is 24.3 Å². The van der Waals surface area contributed by atoms with Crippen molar-refractivity contribution in [2.75, 3.05) is 6.61 Å². The number of aliphatic carboxylic acids is 1. The number of carboxylic acids is 1. The van der Waals surface area contributed by atoms with Gasteiger partial charge in [0.05, 0.1) is 0 Å². The standard InChI is InChI=1S/C23H24O7/c1-23(2,28)22(27)17-8-10-18(11-9-17)30-19(14-16-6-4-3-5-7-16)15-29-21(26)13-12-20(24)25/h3-13,19,28H,14-15H2,1-2H3,(H,24,25)/b13-12+. The highest BCUT2D eigenvalue weighted by atomic mass is 16.6. The zero-order chi connectivity index (χ0) is 22.1. The normalized spacial score (nSPS) is 12.4. The lowest BCUT2D eigenvalue weighted by Crippen LogP contribution is -2.31. The molecule has 30 heavy (non-hydrogen) atoms. The molecule has 0 saturated carbocycles. The first-order chi connectivity index (χ1) is 14.1. The largest absolute Gasteiger partial charge is 0.487 e. The van der Waals surface area contributed by atoms with Gasteiger partial charge in [0.25, 0.3) is 0 Å². The van der Waals surface area contributed by atoms with E-state index in [1.165, 1.54) is 13.8 Å².